The number of ether oxygens (including phenoxy) is 4. The van der Waals surface area contributed by atoms with Crippen LogP contribution in [0.4, 0.5) is 0 Å². The van der Waals surface area contributed by atoms with Gasteiger partial charge in [0.15, 0.2) is 12.6 Å². The van der Waals surface area contributed by atoms with Gasteiger partial charge in [-0.15, -0.1) is 0 Å². The average Bonchev–Trinajstić information content (AvgIpc) is 3.18. The summed E-state index contributed by atoms with van der Waals surface area (Å²) < 4.78 is 25.2. The number of hydrogen-bond donors (Lipinski definition) is 0. The van der Waals surface area contributed by atoms with Crippen LogP contribution in [0.1, 0.15) is 167 Å². The molecule has 2 saturated heterocycles. The quantitative estimate of drug-likeness (QED) is 0.0973. The van der Waals surface area contributed by atoms with Crippen LogP contribution in [0.15, 0.2) is 72.8 Å². The standard InChI is InChI=1S/C48H70O4/c1-5-7-9-11-13-15-17-19-21-45-35-49-47(51-37(45)3)43-31-27-41(28-32-43)39-23-25-40(26-24-39)42-29-33-44(34-30-42)48-50-36-46(38(4)52-48)22-20-18-16-14-12-10-8-6-2/h23-34,37-38,45-48H,5-22,35-36H2,1-4H3. The van der Waals surface area contributed by atoms with Crippen molar-refractivity contribution in [2.75, 3.05) is 13.2 Å². The molecular weight excluding hydrogens is 641 g/mol. The van der Waals surface area contributed by atoms with Crippen molar-refractivity contribution in [1.82, 2.24) is 0 Å². The topological polar surface area (TPSA) is 36.9 Å². The van der Waals surface area contributed by atoms with Crippen LogP contribution in [-0.2, 0) is 18.9 Å². The Kier molecular flexibility index (Phi) is 17.7. The Morgan fingerprint density at radius 2 is 0.692 bits per heavy atom. The summed E-state index contributed by atoms with van der Waals surface area (Å²) in [6.45, 7) is 10.6. The first kappa shape index (κ1) is 40.7. The van der Waals surface area contributed by atoms with Gasteiger partial charge in [-0.3, -0.25) is 0 Å². The molecule has 2 heterocycles. The third-order valence-corrected chi connectivity index (χ3v) is 11.7. The van der Waals surface area contributed by atoms with E-state index in [0.29, 0.717) is 11.8 Å². The van der Waals surface area contributed by atoms with Crippen molar-refractivity contribution in [2.45, 2.75) is 168 Å². The van der Waals surface area contributed by atoms with Gasteiger partial charge < -0.3 is 18.9 Å². The molecule has 0 saturated carbocycles. The molecule has 0 radical (unpaired) electrons. The summed E-state index contributed by atoms with van der Waals surface area (Å²) in [5.41, 5.74) is 6.99. The third-order valence-electron chi connectivity index (χ3n) is 11.7. The van der Waals surface area contributed by atoms with Crippen molar-refractivity contribution < 1.29 is 18.9 Å². The molecule has 3 aromatic carbocycles. The normalized spacial score (nSPS) is 23.5. The fourth-order valence-corrected chi connectivity index (χ4v) is 7.97. The lowest BCUT2D eigenvalue weighted by atomic mass is 9.95. The van der Waals surface area contributed by atoms with Crippen molar-refractivity contribution in [2.24, 2.45) is 11.8 Å². The predicted molar refractivity (Wildman–Crippen MR) is 217 cm³/mol. The molecule has 0 aliphatic carbocycles. The molecule has 52 heavy (non-hydrogen) atoms. The highest BCUT2D eigenvalue weighted by atomic mass is 16.7. The number of benzene rings is 3. The molecule has 0 aromatic heterocycles. The predicted octanol–water partition coefficient (Wildman–Crippen LogP) is 14.2. The van der Waals surface area contributed by atoms with Gasteiger partial charge in [0.1, 0.15) is 0 Å². The summed E-state index contributed by atoms with van der Waals surface area (Å²) in [5, 5.41) is 0. The fourth-order valence-electron chi connectivity index (χ4n) is 7.97. The van der Waals surface area contributed by atoms with Gasteiger partial charge in [0.2, 0.25) is 0 Å². The maximum absolute atomic E-state index is 6.37. The van der Waals surface area contributed by atoms with E-state index in [4.69, 9.17) is 18.9 Å². The minimum absolute atomic E-state index is 0.220. The van der Waals surface area contributed by atoms with Gasteiger partial charge in [0.05, 0.1) is 25.4 Å². The van der Waals surface area contributed by atoms with Gasteiger partial charge >= 0.3 is 0 Å². The van der Waals surface area contributed by atoms with Crippen LogP contribution < -0.4 is 0 Å². The molecule has 2 fully saturated rings. The monoisotopic (exact) mass is 711 g/mol. The lowest BCUT2D eigenvalue weighted by molar-refractivity contribution is -0.237. The van der Waals surface area contributed by atoms with Crippen molar-refractivity contribution in [3.8, 4) is 22.3 Å². The second-order valence-electron chi connectivity index (χ2n) is 15.9. The molecule has 0 amide bonds. The Labute approximate surface area is 317 Å². The lowest BCUT2D eigenvalue weighted by Crippen LogP contribution is -2.34. The molecule has 0 spiro atoms. The van der Waals surface area contributed by atoms with Crippen LogP contribution in [-0.4, -0.2) is 25.4 Å². The van der Waals surface area contributed by atoms with E-state index in [-0.39, 0.29) is 24.8 Å². The molecule has 4 heteroatoms. The van der Waals surface area contributed by atoms with Gasteiger partial charge in [-0.25, -0.2) is 0 Å². The van der Waals surface area contributed by atoms with E-state index in [1.165, 1.54) is 138 Å². The molecule has 4 nitrogen and oxygen atoms in total. The summed E-state index contributed by atoms with van der Waals surface area (Å²) in [6.07, 6.45) is 24.0. The van der Waals surface area contributed by atoms with Crippen LogP contribution in [0.2, 0.25) is 0 Å². The molecule has 0 N–H and O–H groups in total. The molecule has 286 valence electrons. The maximum Gasteiger partial charge on any atom is 0.184 e. The number of unbranched alkanes of at least 4 members (excludes halogenated alkanes) is 14. The summed E-state index contributed by atoms with van der Waals surface area (Å²) in [6, 6.07) is 26.2. The van der Waals surface area contributed by atoms with Gasteiger partial charge in [-0.1, -0.05) is 189 Å². The van der Waals surface area contributed by atoms with E-state index in [2.05, 4.69) is 100 Å². The highest BCUT2D eigenvalue weighted by Crippen LogP contribution is 2.35. The van der Waals surface area contributed by atoms with Crippen LogP contribution in [0, 0.1) is 11.8 Å². The van der Waals surface area contributed by atoms with Crippen molar-refractivity contribution in [3.05, 3.63) is 83.9 Å². The van der Waals surface area contributed by atoms with Crippen LogP contribution in [0.3, 0.4) is 0 Å². The third kappa shape index (κ3) is 12.8. The molecule has 3 aromatic rings. The van der Waals surface area contributed by atoms with E-state index < -0.39 is 0 Å². The Hall–Kier alpha value is -2.50. The van der Waals surface area contributed by atoms with Crippen LogP contribution >= 0.6 is 0 Å². The summed E-state index contributed by atoms with van der Waals surface area (Å²) >= 11 is 0. The Balaban J connectivity index is 1.02. The van der Waals surface area contributed by atoms with Crippen LogP contribution in [0.25, 0.3) is 22.3 Å². The minimum Gasteiger partial charge on any atom is -0.348 e. The first-order valence-corrected chi connectivity index (χ1v) is 21.4. The SMILES string of the molecule is CCCCCCCCCCC1COC(c2ccc(-c3ccc(-c4ccc(C5OCC(CCCCCCCCCC)C(C)O5)cc4)cc3)cc2)OC1C. The fraction of sp³-hybridized carbons (Fsp3) is 0.625. The first-order chi connectivity index (χ1) is 25.6. The molecule has 2 aliphatic rings. The van der Waals surface area contributed by atoms with Gasteiger partial charge in [0.25, 0.3) is 0 Å². The number of hydrogen-bond acceptors (Lipinski definition) is 4. The first-order valence-electron chi connectivity index (χ1n) is 21.4. The van der Waals surface area contributed by atoms with Gasteiger partial charge in [-0.05, 0) is 48.9 Å². The Bertz CT molecular complexity index is 1260. The average molecular weight is 711 g/mol. The summed E-state index contributed by atoms with van der Waals surface area (Å²) in [7, 11) is 0. The zero-order valence-corrected chi connectivity index (χ0v) is 33.2. The Morgan fingerprint density at radius 3 is 1.00 bits per heavy atom. The molecule has 0 bridgehead atoms. The van der Waals surface area contributed by atoms with Gasteiger partial charge in [0, 0.05) is 23.0 Å². The molecule has 5 rings (SSSR count). The second-order valence-corrected chi connectivity index (χ2v) is 15.9. The summed E-state index contributed by atoms with van der Waals surface area (Å²) in [4.78, 5) is 0. The van der Waals surface area contributed by atoms with E-state index in [9.17, 15) is 0 Å². The largest absolute Gasteiger partial charge is 0.348 e. The number of rotatable bonds is 22. The van der Waals surface area contributed by atoms with Crippen molar-refractivity contribution >= 4 is 0 Å². The van der Waals surface area contributed by atoms with Crippen molar-refractivity contribution in [1.29, 1.82) is 0 Å². The lowest BCUT2D eigenvalue weighted by Gasteiger charge is -2.35. The van der Waals surface area contributed by atoms with Gasteiger partial charge in [-0.2, -0.15) is 0 Å². The zero-order chi connectivity index (χ0) is 36.4. The second kappa shape index (κ2) is 22.7. The van der Waals surface area contributed by atoms with E-state index in [1.54, 1.807) is 0 Å². The van der Waals surface area contributed by atoms with Crippen LogP contribution in [0.5, 0.6) is 0 Å². The van der Waals surface area contributed by atoms with E-state index in [0.717, 1.165) is 24.3 Å². The molecule has 6 unspecified atom stereocenters. The summed E-state index contributed by atoms with van der Waals surface area (Å²) in [5.74, 6) is 0.981. The highest BCUT2D eigenvalue weighted by molar-refractivity contribution is 5.70. The zero-order valence-electron chi connectivity index (χ0n) is 33.2. The Morgan fingerprint density at radius 1 is 0.404 bits per heavy atom. The highest BCUT2D eigenvalue weighted by Gasteiger charge is 2.30. The molecule has 2 aliphatic heterocycles. The molecule has 6 atom stereocenters. The van der Waals surface area contributed by atoms with E-state index in [1.807, 2.05) is 0 Å². The maximum atomic E-state index is 6.37. The minimum atomic E-state index is -0.280. The van der Waals surface area contributed by atoms with E-state index >= 15 is 0 Å². The van der Waals surface area contributed by atoms with Crippen molar-refractivity contribution in [3.63, 3.8) is 0 Å². The molecular formula is C48H70O4. The smallest absolute Gasteiger partial charge is 0.184 e.